The number of rotatable bonds is 8. The highest BCUT2D eigenvalue weighted by atomic mass is 35.5. The van der Waals surface area contributed by atoms with Gasteiger partial charge in [0.2, 0.25) is 0 Å². The van der Waals surface area contributed by atoms with E-state index in [9.17, 15) is 24.0 Å². The SMILES string of the molecule is COc1cccc(C(=O)Oc2ccc(C(=O)CN(C(=O)c3ccccc3Cl)N3C(=O)[C@H]4CCCC[C@H]4C3=O)cc2)c1. The molecule has 10 heteroatoms. The number of Topliss-reactive ketones (excluding diaryl/α,β-unsaturated/α-hetero) is 1. The van der Waals surface area contributed by atoms with Crippen molar-refractivity contribution in [3.05, 3.63) is 94.5 Å². The summed E-state index contributed by atoms with van der Waals surface area (Å²) >= 11 is 6.27. The van der Waals surface area contributed by atoms with Crippen molar-refractivity contribution < 1.29 is 33.4 Å². The summed E-state index contributed by atoms with van der Waals surface area (Å²) in [5.41, 5.74) is 0.552. The molecule has 3 aromatic rings. The molecule has 2 atom stereocenters. The molecule has 5 rings (SSSR count). The molecule has 1 aliphatic carbocycles. The van der Waals surface area contributed by atoms with Crippen molar-refractivity contribution >= 4 is 41.1 Å². The van der Waals surface area contributed by atoms with E-state index < -0.39 is 47.9 Å². The second kappa shape index (κ2) is 11.9. The minimum atomic E-state index is -0.729. The summed E-state index contributed by atoms with van der Waals surface area (Å²) in [4.78, 5) is 66.3. The molecule has 0 radical (unpaired) electrons. The van der Waals surface area contributed by atoms with Crippen molar-refractivity contribution in [1.82, 2.24) is 10.0 Å². The summed E-state index contributed by atoms with van der Waals surface area (Å²) in [6, 6.07) is 18.6. The molecule has 3 aromatic carbocycles. The Bertz CT molecular complexity index is 1500. The molecule has 1 aliphatic heterocycles. The van der Waals surface area contributed by atoms with E-state index in [0.717, 1.165) is 22.9 Å². The van der Waals surface area contributed by atoms with E-state index >= 15 is 0 Å². The predicted octanol–water partition coefficient (Wildman–Crippen LogP) is 4.98. The molecule has 3 amide bonds. The predicted molar refractivity (Wildman–Crippen MR) is 149 cm³/mol. The number of benzene rings is 3. The van der Waals surface area contributed by atoms with Crippen LogP contribution in [0.4, 0.5) is 0 Å². The van der Waals surface area contributed by atoms with Gasteiger partial charge in [-0.25, -0.2) is 9.80 Å². The number of halogens is 1. The van der Waals surface area contributed by atoms with E-state index in [1.165, 1.54) is 43.5 Å². The molecule has 0 unspecified atom stereocenters. The van der Waals surface area contributed by atoms with Gasteiger partial charge in [-0.3, -0.25) is 19.2 Å². The quantitative estimate of drug-likeness (QED) is 0.161. The van der Waals surface area contributed by atoms with Crippen molar-refractivity contribution in [1.29, 1.82) is 0 Å². The lowest BCUT2D eigenvalue weighted by Crippen LogP contribution is -2.52. The minimum Gasteiger partial charge on any atom is -0.497 e. The molecule has 9 nitrogen and oxygen atoms in total. The van der Waals surface area contributed by atoms with Gasteiger partial charge in [-0.1, -0.05) is 42.6 Å². The molecule has 0 aromatic heterocycles. The van der Waals surface area contributed by atoms with Gasteiger partial charge < -0.3 is 9.47 Å². The van der Waals surface area contributed by atoms with Gasteiger partial charge in [-0.05, 0) is 67.4 Å². The van der Waals surface area contributed by atoms with Gasteiger partial charge in [0.15, 0.2) is 5.78 Å². The molecule has 0 bridgehead atoms. The van der Waals surface area contributed by atoms with Gasteiger partial charge in [0, 0.05) is 5.56 Å². The highest BCUT2D eigenvalue weighted by Crippen LogP contribution is 2.39. The number of fused-ring (bicyclic) bond motifs is 1. The van der Waals surface area contributed by atoms with Gasteiger partial charge in [0.05, 0.1) is 35.1 Å². The summed E-state index contributed by atoms with van der Waals surface area (Å²) in [5.74, 6) is -3.12. The van der Waals surface area contributed by atoms with Crippen molar-refractivity contribution in [2.24, 2.45) is 11.8 Å². The average Bonchev–Trinajstić information content (AvgIpc) is 3.25. The van der Waals surface area contributed by atoms with Crippen LogP contribution in [0, 0.1) is 11.8 Å². The number of amides is 3. The number of hydrogen-bond acceptors (Lipinski definition) is 7. The van der Waals surface area contributed by atoms with E-state index in [1.807, 2.05) is 0 Å². The van der Waals surface area contributed by atoms with Crippen LogP contribution in [0.15, 0.2) is 72.8 Å². The van der Waals surface area contributed by atoms with Gasteiger partial charge in [0.1, 0.15) is 18.0 Å². The van der Waals surface area contributed by atoms with Crippen LogP contribution in [0.3, 0.4) is 0 Å². The fraction of sp³-hybridized carbons (Fsp3) is 0.258. The number of ether oxygens (including phenoxy) is 2. The van der Waals surface area contributed by atoms with Crippen LogP contribution in [0.25, 0.3) is 0 Å². The molecule has 1 saturated carbocycles. The Hall–Kier alpha value is -4.50. The molecular weight excluding hydrogens is 548 g/mol. The zero-order chi connectivity index (χ0) is 29.1. The monoisotopic (exact) mass is 574 g/mol. The number of esters is 1. The van der Waals surface area contributed by atoms with Crippen LogP contribution in [0.1, 0.15) is 56.8 Å². The topological polar surface area (TPSA) is 110 Å². The van der Waals surface area contributed by atoms with Crippen LogP contribution in [-0.4, -0.2) is 53.1 Å². The first-order valence-electron chi connectivity index (χ1n) is 13.2. The van der Waals surface area contributed by atoms with Crippen LogP contribution < -0.4 is 9.47 Å². The summed E-state index contributed by atoms with van der Waals surface area (Å²) in [6.07, 6.45) is 2.76. The van der Waals surface area contributed by atoms with E-state index in [1.54, 1.807) is 36.4 Å². The molecular formula is C31H27ClN2O7. The second-order valence-electron chi connectivity index (χ2n) is 9.90. The third-order valence-electron chi connectivity index (χ3n) is 7.38. The Morgan fingerprint density at radius 2 is 1.51 bits per heavy atom. The van der Waals surface area contributed by atoms with Crippen LogP contribution in [0.2, 0.25) is 5.02 Å². The first-order valence-corrected chi connectivity index (χ1v) is 13.6. The molecule has 210 valence electrons. The average molecular weight is 575 g/mol. The molecule has 2 aliphatic rings. The van der Waals surface area contributed by atoms with Crippen molar-refractivity contribution in [2.75, 3.05) is 13.7 Å². The van der Waals surface area contributed by atoms with Crippen molar-refractivity contribution in [3.63, 3.8) is 0 Å². The number of hydrazine groups is 1. The zero-order valence-corrected chi connectivity index (χ0v) is 23.0. The highest BCUT2D eigenvalue weighted by molar-refractivity contribution is 6.34. The van der Waals surface area contributed by atoms with E-state index in [4.69, 9.17) is 21.1 Å². The first-order chi connectivity index (χ1) is 19.8. The van der Waals surface area contributed by atoms with E-state index in [-0.39, 0.29) is 21.9 Å². The number of carbonyl (C=O) groups is 5. The number of hydrogen-bond donors (Lipinski definition) is 0. The molecule has 2 fully saturated rings. The fourth-order valence-corrected chi connectivity index (χ4v) is 5.46. The fourth-order valence-electron chi connectivity index (χ4n) is 5.24. The lowest BCUT2D eigenvalue weighted by Gasteiger charge is -2.30. The van der Waals surface area contributed by atoms with Gasteiger partial charge in [0.25, 0.3) is 17.7 Å². The molecule has 1 heterocycles. The summed E-state index contributed by atoms with van der Waals surface area (Å²) in [7, 11) is 1.49. The molecule has 0 N–H and O–H groups in total. The maximum absolute atomic E-state index is 13.6. The number of imide groups is 1. The zero-order valence-electron chi connectivity index (χ0n) is 22.2. The second-order valence-corrected chi connectivity index (χ2v) is 10.3. The van der Waals surface area contributed by atoms with Crippen LogP contribution in [-0.2, 0) is 9.59 Å². The summed E-state index contributed by atoms with van der Waals surface area (Å²) < 4.78 is 10.5. The van der Waals surface area contributed by atoms with Gasteiger partial charge >= 0.3 is 5.97 Å². The van der Waals surface area contributed by atoms with Crippen molar-refractivity contribution in [3.8, 4) is 11.5 Å². The van der Waals surface area contributed by atoms with E-state index in [2.05, 4.69) is 0 Å². The number of ketones is 1. The first kappa shape index (κ1) is 28.0. The van der Waals surface area contributed by atoms with E-state index in [0.29, 0.717) is 24.2 Å². The third kappa shape index (κ3) is 5.71. The van der Waals surface area contributed by atoms with Gasteiger partial charge in [-0.2, -0.15) is 5.01 Å². The van der Waals surface area contributed by atoms with Crippen molar-refractivity contribution in [2.45, 2.75) is 25.7 Å². The largest absolute Gasteiger partial charge is 0.497 e. The lowest BCUT2D eigenvalue weighted by atomic mass is 9.81. The van der Waals surface area contributed by atoms with Crippen LogP contribution in [0.5, 0.6) is 11.5 Å². The third-order valence-corrected chi connectivity index (χ3v) is 7.71. The Morgan fingerprint density at radius 3 is 2.15 bits per heavy atom. The maximum Gasteiger partial charge on any atom is 0.343 e. The molecule has 0 spiro atoms. The smallest absolute Gasteiger partial charge is 0.343 e. The summed E-state index contributed by atoms with van der Waals surface area (Å²) in [5, 5.41) is 1.88. The Morgan fingerprint density at radius 1 is 0.854 bits per heavy atom. The lowest BCUT2D eigenvalue weighted by molar-refractivity contribution is -0.154. The Balaban J connectivity index is 1.37. The molecule has 41 heavy (non-hydrogen) atoms. The minimum absolute atomic E-state index is 0.0669. The normalized spacial score (nSPS) is 18.0. The number of carbonyl (C=O) groups excluding carboxylic acids is 5. The standard InChI is InChI=1S/C31H27ClN2O7/c1-40-22-8-6-7-20(17-22)31(39)41-21-15-13-19(14-16-21)27(35)18-33(28(36)25-11-4-5-12-26(25)32)34-29(37)23-9-2-3-10-24(23)30(34)38/h4-8,11-17,23-24H,2-3,9-10,18H2,1H3/t23-,24+. The number of methoxy groups -OCH3 is 1. The van der Waals surface area contributed by atoms with Gasteiger partial charge in [-0.15, -0.1) is 0 Å². The van der Waals surface area contributed by atoms with Crippen LogP contribution >= 0.6 is 11.6 Å². The Kier molecular flexibility index (Phi) is 8.16. The maximum atomic E-state index is 13.6. The highest BCUT2D eigenvalue weighted by Gasteiger charge is 2.52. The molecule has 1 saturated heterocycles. The number of nitrogens with zero attached hydrogens (tertiary/aromatic N) is 2. The Labute approximate surface area is 241 Å². The summed E-state index contributed by atoms with van der Waals surface area (Å²) in [6.45, 7) is -0.566.